The third-order valence-corrected chi connectivity index (χ3v) is 5.14. The van der Waals surface area contributed by atoms with Gasteiger partial charge in [-0.25, -0.2) is 4.39 Å². The summed E-state index contributed by atoms with van der Waals surface area (Å²) >= 11 is 0. The number of rotatable bonds is 4. The second-order valence-corrected chi connectivity index (χ2v) is 7.57. The highest BCUT2D eigenvalue weighted by Crippen LogP contribution is 2.35. The molecule has 1 fully saturated rings. The van der Waals surface area contributed by atoms with Crippen molar-refractivity contribution in [1.29, 1.82) is 0 Å². The lowest BCUT2D eigenvalue weighted by atomic mass is 10.1. The van der Waals surface area contributed by atoms with Gasteiger partial charge in [0.1, 0.15) is 18.0 Å². The molecule has 3 heterocycles. The van der Waals surface area contributed by atoms with E-state index in [9.17, 15) is 18.0 Å². The third kappa shape index (κ3) is 4.32. The number of aromatic nitrogens is 4. The van der Waals surface area contributed by atoms with Gasteiger partial charge in [0.15, 0.2) is 5.65 Å². The average molecular weight is 422 g/mol. The third-order valence-electron chi connectivity index (χ3n) is 4.80. The molecule has 7 nitrogen and oxygen atoms in total. The van der Waals surface area contributed by atoms with Gasteiger partial charge in [0, 0.05) is 31.7 Å². The molecule has 1 amide bonds. The largest absolute Gasteiger partial charge is 0.352 e. The van der Waals surface area contributed by atoms with Gasteiger partial charge in [0.2, 0.25) is 5.91 Å². The smallest absolute Gasteiger partial charge is 0.283 e. The van der Waals surface area contributed by atoms with Crippen LogP contribution in [0.4, 0.5) is 19.0 Å². The zero-order valence-electron chi connectivity index (χ0n) is 15.3. The average Bonchev–Trinajstić information content (AvgIpc) is 3.15. The van der Waals surface area contributed by atoms with E-state index >= 15 is 0 Å². The lowest BCUT2D eigenvalue weighted by molar-refractivity contribution is -0.130. The summed E-state index contributed by atoms with van der Waals surface area (Å²) in [6.45, 7) is 2.07. The number of nitrogens with zero attached hydrogens (tertiary/aromatic N) is 6. The topological polar surface area (TPSA) is 66.6 Å². The molecule has 1 unspecified atom stereocenters. The highest BCUT2D eigenvalue weighted by Gasteiger charge is 2.27. The molecule has 3 aromatic rings. The standard InChI is InChI=1S/C18H18F3N6OP/c19-14-8-12(7-13(10-14)18(20,21)29)9-17(28)26-5-3-25(4-6-26)16-2-1-15-23-22-11-27(15)24-16/h1-2,7-8,10-11H,3-6,9,29H2. The highest BCUT2D eigenvalue weighted by molar-refractivity contribution is 7.17. The van der Waals surface area contributed by atoms with E-state index in [2.05, 4.69) is 15.3 Å². The van der Waals surface area contributed by atoms with Crippen LogP contribution in [0.15, 0.2) is 36.7 Å². The first kappa shape index (κ1) is 19.6. The number of halogens is 3. The van der Waals surface area contributed by atoms with Crippen LogP contribution >= 0.6 is 9.24 Å². The number of carbonyl (C=O) groups is 1. The number of hydrogen-bond donors (Lipinski definition) is 0. The van der Waals surface area contributed by atoms with E-state index in [1.165, 1.54) is 21.6 Å². The van der Waals surface area contributed by atoms with Gasteiger partial charge in [0.25, 0.3) is 5.66 Å². The van der Waals surface area contributed by atoms with Gasteiger partial charge in [-0.15, -0.1) is 15.3 Å². The van der Waals surface area contributed by atoms with E-state index in [-0.39, 0.29) is 17.9 Å². The van der Waals surface area contributed by atoms with Crippen molar-refractivity contribution < 1.29 is 18.0 Å². The number of alkyl halides is 2. The fourth-order valence-electron chi connectivity index (χ4n) is 3.30. The predicted octanol–water partition coefficient (Wildman–Crippen LogP) is 2.08. The molecular weight excluding hydrogens is 404 g/mol. The van der Waals surface area contributed by atoms with Crippen LogP contribution in [0.25, 0.3) is 5.65 Å². The summed E-state index contributed by atoms with van der Waals surface area (Å²) in [4.78, 5) is 16.3. The molecule has 0 spiro atoms. The van der Waals surface area contributed by atoms with Crippen molar-refractivity contribution in [3.05, 3.63) is 53.6 Å². The number of hydrogen-bond acceptors (Lipinski definition) is 5. The molecule has 4 rings (SSSR count). The number of carbonyl (C=O) groups excluding carboxylic acids is 1. The van der Waals surface area contributed by atoms with Gasteiger partial charge in [0.05, 0.1) is 6.42 Å². The summed E-state index contributed by atoms with van der Waals surface area (Å²) < 4.78 is 42.2. The summed E-state index contributed by atoms with van der Waals surface area (Å²) in [6.07, 6.45) is 1.39. The lowest BCUT2D eigenvalue weighted by Gasteiger charge is -2.35. The Balaban J connectivity index is 1.39. The molecular formula is C18H18F3N6OP. The molecule has 2 aromatic heterocycles. The molecule has 1 aliphatic rings. The van der Waals surface area contributed by atoms with Crippen molar-refractivity contribution in [3.63, 3.8) is 0 Å². The van der Waals surface area contributed by atoms with Crippen LogP contribution in [0.5, 0.6) is 0 Å². The molecule has 1 saturated heterocycles. The number of piperazine rings is 1. The van der Waals surface area contributed by atoms with Crippen molar-refractivity contribution in [2.45, 2.75) is 12.1 Å². The van der Waals surface area contributed by atoms with E-state index in [0.717, 1.165) is 18.0 Å². The fourth-order valence-corrected chi connectivity index (χ4v) is 3.47. The van der Waals surface area contributed by atoms with Crippen LogP contribution in [-0.4, -0.2) is 56.8 Å². The Labute approximate surface area is 166 Å². The summed E-state index contributed by atoms with van der Waals surface area (Å²) in [6, 6.07) is 6.73. The minimum atomic E-state index is -3.25. The first-order valence-corrected chi connectivity index (χ1v) is 9.54. The molecule has 1 aliphatic heterocycles. The maximum atomic E-state index is 13.7. The molecule has 1 atom stereocenters. The van der Waals surface area contributed by atoms with Crippen molar-refractivity contribution in [3.8, 4) is 0 Å². The Kier molecular flexibility index (Phi) is 5.12. The monoisotopic (exact) mass is 422 g/mol. The zero-order valence-corrected chi connectivity index (χ0v) is 16.5. The molecule has 1 aromatic carbocycles. The zero-order chi connectivity index (χ0) is 20.6. The SMILES string of the molecule is O=C(Cc1cc(F)cc(C(F)(F)P)c1)N1CCN(c2ccc3nncn3n2)CC1. The second kappa shape index (κ2) is 7.59. The quantitative estimate of drug-likeness (QED) is 0.603. The van der Waals surface area contributed by atoms with Crippen LogP contribution in [0.3, 0.4) is 0 Å². The van der Waals surface area contributed by atoms with E-state index in [0.29, 0.717) is 31.8 Å². The van der Waals surface area contributed by atoms with Crippen LogP contribution in [0, 0.1) is 5.82 Å². The Morgan fingerprint density at radius 2 is 1.90 bits per heavy atom. The molecule has 0 saturated carbocycles. The predicted molar refractivity (Wildman–Crippen MR) is 103 cm³/mol. The van der Waals surface area contributed by atoms with Crippen molar-refractivity contribution in [2.24, 2.45) is 0 Å². The maximum Gasteiger partial charge on any atom is 0.283 e. The van der Waals surface area contributed by atoms with Crippen molar-refractivity contribution >= 4 is 26.6 Å². The van der Waals surface area contributed by atoms with Crippen molar-refractivity contribution in [1.82, 2.24) is 24.7 Å². The van der Waals surface area contributed by atoms with Gasteiger partial charge in [-0.1, -0.05) is 9.24 Å². The molecule has 152 valence electrons. The molecule has 11 heteroatoms. The van der Waals surface area contributed by atoms with Gasteiger partial charge < -0.3 is 9.80 Å². The normalized spacial score (nSPS) is 15.2. The number of benzene rings is 1. The van der Waals surface area contributed by atoms with E-state index in [1.807, 2.05) is 17.0 Å². The van der Waals surface area contributed by atoms with E-state index in [1.54, 1.807) is 9.42 Å². The molecule has 0 aliphatic carbocycles. The first-order chi connectivity index (χ1) is 13.8. The summed E-state index contributed by atoms with van der Waals surface area (Å²) in [5, 5.41) is 12.1. The van der Waals surface area contributed by atoms with Gasteiger partial charge in [-0.2, -0.15) is 13.3 Å². The Bertz CT molecular complexity index is 1050. The first-order valence-electron chi connectivity index (χ1n) is 8.96. The minimum absolute atomic E-state index is 0.129. The molecule has 0 radical (unpaired) electrons. The molecule has 29 heavy (non-hydrogen) atoms. The van der Waals surface area contributed by atoms with Crippen LogP contribution in [0.1, 0.15) is 11.1 Å². The van der Waals surface area contributed by atoms with Gasteiger partial charge >= 0.3 is 0 Å². The van der Waals surface area contributed by atoms with Crippen LogP contribution < -0.4 is 4.90 Å². The number of anilines is 1. The maximum absolute atomic E-state index is 13.7. The van der Waals surface area contributed by atoms with Gasteiger partial charge in [-0.05, 0) is 35.9 Å². The number of fused-ring (bicyclic) bond motifs is 1. The summed E-state index contributed by atoms with van der Waals surface area (Å²) in [5.41, 5.74) is -2.84. The second-order valence-electron chi connectivity index (χ2n) is 6.84. The van der Waals surface area contributed by atoms with Crippen LogP contribution in [-0.2, 0) is 16.9 Å². The minimum Gasteiger partial charge on any atom is -0.352 e. The summed E-state index contributed by atoms with van der Waals surface area (Å²) in [5.74, 6) is -0.259. The van der Waals surface area contributed by atoms with Gasteiger partial charge in [-0.3, -0.25) is 4.79 Å². The molecule has 0 bridgehead atoms. The lowest BCUT2D eigenvalue weighted by Crippen LogP contribution is -2.49. The molecule has 0 N–H and O–H groups in total. The van der Waals surface area contributed by atoms with Crippen molar-refractivity contribution in [2.75, 3.05) is 31.1 Å². The van der Waals surface area contributed by atoms with E-state index < -0.39 is 17.0 Å². The number of amides is 1. The summed E-state index contributed by atoms with van der Waals surface area (Å²) in [7, 11) is 1.38. The fraction of sp³-hybridized carbons (Fsp3) is 0.333. The van der Waals surface area contributed by atoms with Crippen LogP contribution in [0.2, 0.25) is 0 Å². The Morgan fingerprint density at radius 1 is 1.14 bits per heavy atom. The highest BCUT2D eigenvalue weighted by atomic mass is 31.0. The van der Waals surface area contributed by atoms with E-state index in [4.69, 9.17) is 0 Å². The Hall–Kier alpha value is -2.74. The Morgan fingerprint density at radius 3 is 2.62 bits per heavy atom.